The Hall–Kier alpha value is -4.47. The van der Waals surface area contributed by atoms with Gasteiger partial charge in [-0.15, -0.1) is 5.92 Å². The number of hydrogen-bond acceptors (Lipinski definition) is 5. The van der Waals surface area contributed by atoms with Gasteiger partial charge in [-0.05, 0) is 48.7 Å². The van der Waals surface area contributed by atoms with Crippen LogP contribution in [0.15, 0.2) is 67.1 Å². The molecule has 5 rings (SSSR count). The van der Waals surface area contributed by atoms with Gasteiger partial charge in [-0.3, -0.25) is 9.78 Å². The van der Waals surface area contributed by atoms with Crippen molar-refractivity contribution in [3.63, 3.8) is 0 Å². The second-order valence-electron chi connectivity index (χ2n) is 8.70. The number of pyridine rings is 1. The lowest BCUT2D eigenvalue weighted by Crippen LogP contribution is -2.14. The van der Waals surface area contributed by atoms with E-state index in [1.54, 1.807) is 24.4 Å². The molecule has 6 nitrogen and oxygen atoms in total. The molecule has 0 aliphatic carbocycles. The zero-order chi connectivity index (χ0) is 25.9. The fraction of sp³-hybridized carbons (Fsp3) is 0.133. The van der Waals surface area contributed by atoms with Gasteiger partial charge >= 0.3 is 0 Å². The van der Waals surface area contributed by atoms with Crippen LogP contribution >= 0.6 is 11.6 Å². The number of aromatic nitrogens is 3. The van der Waals surface area contributed by atoms with Crippen molar-refractivity contribution in [3.05, 3.63) is 100 Å². The van der Waals surface area contributed by atoms with Crippen molar-refractivity contribution in [2.45, 2.75) is 26.7 Å². The van der Waals surface area contributed by atoms with Crippen molar-refractivity contribution in [2.75, 3.05) is 11.1 Å². The number of amides is 1. The van der Waals surface area contributed by atoms with Crippen molar-refractivity contribution in [1.82, 2.24) is 15.0 Å². The fourth-order valence-electron chi connectivity index (χ4n) is 4.47. The fourth-order valence-corrected chi connectivity index (χ4v) is 4.73. The predicted molar refractivity (Wildman–Crippen MR) is 150 cm³/mol. The normalized spacial score (nSPS) is 10.8. The first-order valence-electron chi connectivity index (χ1n) is 11.8. The number of carbonyl (C=O) groups excluding carboxylic acids is 1. The minimum absolute atomic E-state index is 0.273. The van der Waals surface area contributed by atoms with Crippen LogP contribution in [-0.4, -0.2) is 20.9 Å². The van der Waals surface area contributed by atoms with Gasteiger partial charge in [-0.25, -0.2) is 9.97 Å². The Bertz CT molecular complexity index is 1740. The molecule has 0 bridgehead atoms. The molecule has 0 aliphatic heterocycles. The number of nitrogen functional groups attached to an aromatic ring is 1. The van der Waals surface area contributed by atoms with Gasteiger partial charge in [0.1, 0.15) is 12.1 Å². The maximum absolute atomic E-state index is 13.4. The Labute approximate surface area is 219 Å². The maximum Gasteiger partial charge on any atom is 0.257 e. The number of nitrogens with two attached hydrogens (primary N) is 1. The monoisotopic (exact) mass is 505 g/mol. The summed E-state index contributed by atoms with van der Waals surface area (Å²) in [5, 5.41) is 6.30. The lowest BCUT2D eigenvalue weighted by Gasteiger charge is -2.15. The first-order chi connectivity index (χ1) is 18.0. The molecule has 7 heteroatoms. The summed E-state index contributed by atoms with van der Waals surface area (Å²) in [5.41, 5.74) is 11.4. The summed E-state index contributed by atoms with van der Waals surface area (Å²) in [6, 6.07) is 17.3. The van der Waals surface area contributed by atoms with Gasteiger partial charge in [0, 0.05) is 40.2 Å². The average molecular weight is 506 g/mol. The topological polar surface area (TPSA) is 93.8 Å². The number of halogens is 1. The van der Waals surface area contributed by atoms with Crippen LogP contribution < -0.4 is 11.1 Å². The maximum atomic E-state index is 13.4. The second-order valence-corrected chi connectivity index (χ2v) is 9.07. The third-order valence-corrected chi connectivity index (χ3v) is 6.87. The Morgan fingerprint density at radius 1 is 0.973 bits per heavy atom. The van der Waals surface area contributed by atoms with Crippen LogP contribution in [0.3, 0.4) is 0 Å². The van der Waals surface area contributed by atoms with E-state index in [0.717, 1.165) is 38.8 Å². The third kappa shape index (κ3) is 4.69. The largest absolute Gasteiger partial charge is 0.383 e. The molecule has 0 atom stereocenters. The van der Waals surface area contributed by atoms with E-state index in [-0.39, 0.29) is 5.91 Å². The van der Waals surface area contributed by atoms with E-state index in [2.05, 4.69) is 32.1 Å². The summed E-state index contributed by atoms with van der Waals surface area (Å²) >= 11 is 6.73. The highest BCUT2D eigenvalue weighted by atomic mass is 35.5. The van der Waals surface area contributed by atoms with E-state index in [4.69, 9.17) is 17.3 Å². The van der Waals surface area contributed by atoms with E-state index in [9.17, 15) is 4.79 Å². The van der Waals surface area contributed by atoms with Crippen molar-refractivity contribution in [1.29, 1.82) is 0 Å². The lowest BCUT2D eigenvalue weighted by atomic mass is 9.98. The number of nitrogens with one attached hydrogen (secondary N) is 1. The molecule has 2 heterocycles. The van der Waals surface area contributed by atoms with E-state index in [1.807, 2.05) is 50.2 Å². The first-order valence-corrected chi connectivity index (χ1v) is 12.2. The molecule has 182 valence electrons. The summed E-state index contributed by atoms with van der Waals surface area (Å²) in [6.45, 7) is 3.78. The Balaban J connectivity index is 1.53. The summed E-state index contributed by atoms with van der Waals surface area (Å²) < 4.78 is 0. The van der Waals surface area contributed by atoms with Crippen LogP contribution in [0.1, 0.15) is 39.7 Å². The predicted octanol–water partition coefficient (Wildman–Crippen LogP) is 6.13. The summed E-state index contributed by atoms with van der Waals surface area (Å²) in [5.74, 6) is 6.06. The Morgan fingerprint density at radius 2 is 1.78 bits per heavy atom. The van der Waals surface area contributed by atoms with Gasteiger partial charge in [0.05, 0.1) is 22.5 Å². The van der Waals surface area contributed by atoms with Crippen LogP contribution in [0.5, 0.6) is 0 Å². The van der Waals surface area contributed by atoms with Crippen LogP contribution in [0.2, 0.25) is 5.02 Å². The van der Waals surface area contributed by atoms with Crippen LogP contribution in [-0.2, 0) is 12.8 Å². The molecule has 3 N–H and O–H groups in total. The minimum Gasteiger partial charge on any atom is -0.383 e. The van der Waals surface area contributed by atoms with Gasteiger partial charge in [0.25, 0.3) is 5.91 Å². The number of anilines is 2. The molecular formula is C30H24ClN5O. The lowest BCUT2D eigenvalue weighted by molar-refractivity contribution is 0.102. The van der Waals surface area contributed by atoms with E-state index < -0.39 is 0 Å². The molecular weight excluding hydrogens is 482 g/mol. The van der Waals surface area contributed by atoms with Gasteiger partial charge in [0.2, 0.25) is 0 Å². The third-order valence-electron chi connectivity index (χ3n) is 6.39. The van der Waals surface area contributed by atoms with E-state index in [0.29, 0.717) is 40.1 Å². The van der Waals surface area contributed by atoms with Gasteiger partial charge in [0.15, 0.2) is 0 Å². The first kappa shape index (κ1) is 24.2. The molecule has 0 saturated heterocycles. The summed E-state index contributed by atoms with van der Waals surface area (Å²) in [4.78, 5) is 26.4. The standard InChI is InChI=1S/C30H24ClN5O/c1-3-4-7-19-8-5-9-20(26(19)31)16-25-21-13-12-18(2)27(22(21)14-15-33-25)36-30(37)24-11-6-10-23-28(24)34-17-35-29(23)32/h5-6,8-15,17H,7,16H2,1-2H3,(H,36,37)(H2,32,34,35). The number of rotatable bonds is 5. The molecule has 0 unspecified atom stereocenters. The summed E-state index contributed by atoms with van der Waals surface area (Å²) in [6.07, 6.45) is 4.29. The number of fused-ring (bicyclic) bond motifs is 2. The number of aryl methyl sites for hydroxylation is 1. The van der Waals surface area contributed by atoms with Gasteiger partial charge < -0.3 is 11.1 Å². The molecule has 0 saturated carbocycles. The minimum atomic E-state index is -0.273. The molecule has 37 heavy (non-hydrogen) atoms. The quantitative estimate of drug-likeness (QED) is 0.280. The van der Waals surface area contributed by atoms with Crippen LogP contribution in [0, 0.1) is 18.8 Å². The van der Waals surface area contributed by atoms with Crippen molar-refractivity contribution in [2.24, 2.45) is 0 Å². The average Bonchev–Trinajstić information content (AvgIpc) is 2.91. The van der Waals surface area contributed by atoms with Crippen LogP contribution in [0.4, 0.5) is 11.5 Å². The Morgan fingerprint density at radius 3 is 2.62 bits per heavy atom. The number of benzene rings is 3. The van der Waals surface area contributed by atoms with Gasteiger partial charge in [-0.2, -0.15) is 0 Å². The molecule has 0 fully saturated rings. The van der Waals surface area contributed by atoms with Crippen molar-refractivity contribution in [3.8, 4) is 11.8 Å². The molecule has 0 aliphatic rings. The molecule has 3 aromatic carbocycles. The molecule has 5 aromatic rings. The molecule has 1 amide bonds. The van der Waals surface area contributed by atoms with Crippen molar-refractivity contribution >= 4 is 50.7 Å². The Kier molecular flexibility index (Phi) is 6.72. The smallest absolute Gasteiger partial charge is 0.257 e. The molecule has 0 radical (unpaired) electrons. The number of carbonyl (C=O) groups is 1. The molecule has 2 aromatic heterocycles. The number of para-hydroxylation sites is 1. The zero-order valence-electron chi connectivity index (χ0n) is 20.5. The summed E-state index contributed by atoms with van der Waals surface area (Å²) in [7, 11) is 0. The SMILES string of the molecule is CC#CCc1cccc(Cc2nccc3c(NC(=O)c4cccc5c(N)ncnc45)c(C)ccc23)c1Cl. The highest BCUT2D eigenvalue weighted by Gasteiger charge is 2.17. The van der Waals surface area contributed by atoms with E-state index >= 15 is 0 Å². The highest BCUT2D eigenvalue weighted by molar-refractivity contribution is 6.32. The number of nitrogens with zero attached hydrogens (tertiary/aromatic N) is 3. The van der Waals surface area contributed by atoms with E-state index in [1.165, 1.54) is 6.33 Å². The molecule has 0 spiro atoms. The van der Waals surface area contributed by atoms with Gasteiger partial charge in [-0.1, -0.05) is 53.9 Å². The van der Waals surface area contributed by atoms with Crippen molar-refractivity contribution < 1.29 is 4.79 Å². The highest BCUT2D eigenvalue weighted by Crippen LogP contribution is 2.32. The zero-order valence-corrected chi connectivity index (χ0v) is 21.2. The number of hydrogen-bond donors (Lipinski definition) is 2. The second kappa shape index (κ2) is 10.3. The van der Waals surface area contributed by atoms with Crippen LogP contribution in [0.25, 0.3) is 21.7 Å².